The minimum atomic E-state index is -0.362. The number of nitrogens with zero attached hydrogens (tertiary/aromatic N) is 2. The SMILES string of the molecule is COC(=O)c1nc(NCC2CCCN(C)C2)sc1C. The zero-order valence-electron chi connectivity index (χ0n) is 11.7. The molecule has 1 aromatic heterocycles. The molecule has 1 aliphatic rings. The molecule has 1 saturated heterocycles. The van der Waals surface area contributed by atoms with Crippen LogP contribution in [-0.2, 0) is 4.74 Å². The van der Waals surface area contributed by atoms with E-state index in [0.29, 0.717) is 11.6 Å². The van der Waals surface area contributed by atoms with E-state index in [9.17, 15) is 4.79 Å². The van der Waals surface area contributed by atoms with E-state index in [0.717, 1.165) is 23.1 Å². The largest absolute Gasteiger partial charge is 0.464 e. The number of aromatic nitrogens is 1. The summed E-state index contributed by atoms with van der Waals surface area (Å²) in [5.74, 6) is 0.295. The fourth-order valence-electron chi connectivity index (χ4n) is 2.43. The lowest BCUT2D eigenvalue weighted by Crippen LogP contribution is -2.35. The van der Waals surface area contributed by atoms with Gasteiger partial charge < -0.3 is 15.0 Å². The van der Waals surface area contributed by atoms with Crippen molar-refractivity contribution in [3.05, 3.63) is 10.6 Å². The summed E-state index contributed by atoms with van der Waals surface area (Å²) in [4.78, 5) is 19.0. The lowest BCUT2D eigenvalue weighted by molar-refractivity contribution is 0.0594. The molecule has 0 spiro atoms. The summed E-state index contributed by atoms with van der Waals surface area (Å²) in [5.41, 5.74) is 0.427. The molecule has 106 valence electrons. The van der Waals surface area contributed by atoms with E-state index < -0.39 is 0 Å². The van der Waals surface area contributed by atoms with Crippen molar-refractivity contribution < 1.29 is 9.53 Å². The first-order chi connectivity index (χ1) is 9.10. The van der Waals surface area contributed by atoms with Crippen LogP contribution in [0.5, 0.6) is 0 Å². The summed E-state index contributed by atoms with van der Waals surface area (Å²) in [6.45, 7) is 5.13. The molecule has 1 N–H and O–H groups in total. The van der Waals surface area contributed by atoms with Crippen LogP contribution in [0.15, 0.2) is 0 Å². The molecule has 0 amide bonds. The van der Waals surface area contributed by atoms with Gasteiger partial charge in [0.2, 0.25) is 0 Å². The Labute approximate surface area is 118 Å². The van der Waals surface area contributed by atoms with Crippen LogP contribution < -0.4 is 5.32 Å². The minimum absolute atomic E-state index is 0.362. The Morgan fingerprint density at radius 1 is 1.63 bits per heavy atom. The molecule has 0 radical (unpaired) electrons. The van der Waals surface area contributed by atoms with Crippen molar-refractivity contribution in [3.8, 4) is 0 Å². The molecule has 2 rings (SSSR count). The second-order valence-corrected chi connectivity index (χ2v) is 6.27. The summed E-state index contributed by atoms with van der Waals surface area (Å²) in [6, 6.07) is 0. The van der Waals surface area contributed by atoms with Gasteiger partial charge in [0.05, 0.1) is 7.11 Å². The van der Waals surface area contributed by atoms with Crippen LogP contribution >= 0.6 is 11.3 Å². The second kappa shape index (κ2) is 6.34. The van der Waals surface area contributed by atoms with E-state index in [-0.39, 0.29) is 5.97 Å². The number of thiazole rings is 1. The first-order valence-electron chi connectivity index (χ1n) is 6.58. The number of esters is 1. The Morgan fingerprint density at radius 3 is 3.11 bits per heavy atom. The number of aryl methyl sites for hydroxylation is 1. The molecule has 1 fully saturated rings. The number of anilines is 1. The molecule has 0 bridgehead atoms. The maximum absolute atomic E-state index is 11.5. The van der Waals surface area contributed by atoms with Gasteiger partial charge in [-0.25, -0.2) is 9.78 Å². The summed E-state index contributed by atoms with van der Waals surface area (Å²) in [7, 11) is 3.54. The van der Waals surface area contributed by atoms with Crippen LogP contribution in [0.25, 0.3) is 0 Å². The standard InChI is InChI=1S/C13H21N3O2S/c1-9-11(12(17)18-3)15-13(19-9)14-7-10-5-4-6-16(2)8-10/h10H,4-8H2,1-3H3,(H,14,15). The molecule has 1 aliphatic heterocycles. The van der Waals surface area contributed by atoms with Crippen molar-refractivity contribution in [2.75, 3.05) is 39.1 Å². The van der Waals surface area contributed by atoms with E-state index in [2.05, 4.69) is 22.2 Å². The summed E-state index contributed by atoms with van der Waals surface area (Å²) < 4.78 is 4.71. The van der Waals surface area contributed by atoms with Gasteiger partial charge in [-0.15, -0.1) is 11.3 Å². The number of carbonyl (C=O) groups excluding carboxylic acids is 1. The monoisotopic (exact) mass is 283 g/mol. The highest BCUT2D eigenvalue weighted by atomic mass is 32.1. The van der Waals surface area contributed by atoms with Gasteiger partial charge in [0.25, 0.3) is 0 Å². The first kappa shape index (κ1) is 14.3. The van der Waals surface area contributed by atoms with Crippen molar-refractivity contribution >= 4 is 22.4 Å². The van der Waals surface area contributed by atoms with Crippen LogP contribution in [-0.4, -0.2) is 49.6 Å². The zero-order chi connectivity index (χ0) is 13.8. The Balaban J connectivity index is 1.91. The predicted molar refractivity (Wildman–Crippen MR) is 76.9 cm³/mol. The normalized spacial score (nSPS) is 20.3. The Kier molecular flexibility index (Phi) is 4.76. The van der Waals surface area contributed by atoms with Gasteiger partial charge in [0.1, 0.15) is 0 Å². The number of piperidine rings is 1. The fourth-order valence-corrected chi connectivity index (χ4v) is 3.24. The number of methoxy groups -OCH3 is 1. The highest BCUT2D eigenvalue weighted by molar-refractivity contribution is 7.15. The van der Waals surface area contributed by atoms with Crippen molar-refractivity contribution in [2.45, 2.75) is 19.8 Å². The average Bonchev–Trinajstić information content (AvgIpc) is 2.77. The van der Waals surface area contributed by atoms with Gasteiger partial charge in [-0.2, -0.15) is 0 Å². The van der Waals surface area contributed by atoms with Crippen molar-refractivity contribution in [1.82, 2.24) is 9.88 Å². The third-order valence-corrected chi connectivity index (χ3v) is 4.37. The zero-order valence-corrected chi connectivity index (χ0v) is 12.5. The number of ether oxygens (including phenoxy) is 1. The third kappa shape index (κ3) is 3.67. The van der Waals surface area contributed by atoms with Gasteiger partial charge in [0, 0.05) is 18.0 Å². The first-order valence-corrected chi connectivity index (χ1v) is 7.40. The number of hydrogen-bond donors (Lipinski definition) is 1. The van der Waals surface area contributed by atoms with E-state index in [1.165, 1.54) is 37.8 Å². The predicted octanol–water partition coefficient (Wildman–Crippen LogP) is 1.99. The van der Waals surface area contributed by atoms with Crippen molar-refractivity contribution in [3.63, 3.8) is 0 Å². The molecule has 0 saturated carbocycles. The van der Waals surface area contributed by atoms with Gasteiger partial charge in [-0.1, -0.05) is 0 Å². The molecule has 2 heterocycles. The van der Waals surface area contributed by atoms with Crippen LogP contribution in [0, 0.1) is 12.8 Å². The second-order valence-electron chi connectivity index (χ2n) is 5.07. The lowest BCUT2D eigenvalue weighted by atomic mass is 9.99. The van der Waals surface area contributed by atoms with Gasteiger partial charge >= 0.3 is 5.97 Å². The average molecular weight is 283 g/mol. The number of nitrogens with one attached hydrogen (secondary N) is 1. The molecular weight excluding hydrogens is 262 g/mol. The number of carbonyl (C=O) groups is 1. The van der Waals surface area contributed by atoms with Crippen LogP contribution in [0.3, 0.4) is 0 Å². The molecule has 19 heavy (non-hydrogen) atoms. The quantitative estimate of drug-likeness (QED) is 0.857. The van der Waals surface area contributed by atoms with Gasteiger partial charge in [-0.3, -0.25) is 0 Å². The Bertz CT molecular complexity index is 447. The van der Waals surface area contributed by atoms with Crippen LogP contribution in [0.4, 0.5) is 5.13 Å². The highest BCUT2D eigenvalue weighted by Gasteiger charge is 2.19. The number of rotatable bonds is 4. The Hall–Kier alpha value is -1.14. The molecule has 0 aliphatic carbocycles. The molecule has 1 unspecified atom stereocenters. The molecule has 6 heteroatoms. The molecular formula is C13H21N3O2S. The molecule has 5 nitrogen and oxygen atoms in total. The van der Waals surface area contributed by atoms with E-state index >= 15 is 0 Å². The van der Waals surface area contributed by atoms with Crippen molar-refractivity contribution in [1.29, 1.82) is 0 Å². The number of likely N-dealkylation sites (tertiary alicyclic amines) is 1. The van der Waals surface area contributed by atoms with E-state index in [1.54, 1.807) is 0 Å². The van der Waals surface area contributed by atoms with Crippen LogP contribution in [0.1, 0.15) is 28.2 Å². The van der Waals surface area contributed by atoms with Crippen molar-refractivity contribution in [2.24, 2.45) is 5.92 Å². The van der Waals surface area contributed by atoms with Gasteiger partial charge in [-0.05, 0) is 39.3 Å². The summed E-state index contributed by atoms with van der Waals surface area (Å²) in [5, 5.41) is 4.16. The smallest absolute Gasteiger partial charge is 0.357 e. The topological polar surface area (TPSA) is 54.5 Å². The molecule has 0 aromatic carbocycles. The maximum atomic E-state index is 11.5. The van der Waals surface area contributed by atoms with E-state index in [4.69, 9.17) is 4.74 Å². The molecule has 1 aromatic rings. The Morgan fingerprint density at radius 2 is 2.42 bits per heavy atom. The third-order valence-electron chi connectivity index (χ3n) is 3.44. The van der Waals surface area contributed by atoms with Crippen LogP contribution in [0.2, 0.25) is 0 Å². The van der Waals surface area contributed by atoms with E-state index in [1.807, 2.05) is 6.92 Å². The van der Waals surface area contributed by atoms with Gasteiger partial charge in [0.15, 0.2) is 10.8 Å². The summed E-state index contributed by atoms with van der Waals surface area (Å²) >= 11 is 1.51. The fraction of sp³-hybridized carbons (Fsp3) is 0.692. The maximum Gasteiger partial charge on any atom is 0.357 e. The summed E-state index contributed by atoms with van der Waals surface area (Å²) in [6.07, 6.45) is 2.51. The lowest BCUT2D eigenvalue weighted by Gasteiger charge is -2.29. The highest BCUT2D eigenvalue weighted by Crippen LogP contribution is 2.23. The minimum Gasteiger partial charge on any atom is -0.464 e. The number of hydrogen-bond acceptors (Lipinski definition) is 6. The molecule has 1 atom stereocenters.